The molecule has 2 aliphatic rings. The molecule has 0 unspecified atom stereocenters. The number of rotatable bonds is 9. The predicted octanol–water partition coefficient (Wildman–Crippen LogP) is 3.48. The van der Waals surface area contributed by atoms with Crippen molar-refractivity contribution in [1.29, 1.82) is 0 Å². The highest BCUT2D eigenvalue weighted by atomic mass is 19.1. The third kappa shape index (κ3) is 4.50. The van der Waals surface area contributed by atoms with Crippen LogP contribution in [-0.2, 0) is 9.53 Å². The van der Waals surface area contributed by atoms with Crippen LogP contribution in [0.5, 0.6) is 5.75 Å². The zero-order valence-electron chi connectivity index (χ0n) is 18.1. The van der Waals surface area contributed by atoms with Crippen LogP contribution < -0.4 is 9.64 Å². The van der Waals surface area contributed by atoms with Gasteiger partial charge in [-0.2, -0.15) is 0 Å². The van der Waals surface area contributed by atoms with Crippen molar-refractivity contribution in [2.45, 2.75) is 6.92 Å². The second kappa shape index (κ2) is 9.58. The summed E-state index contributed by atoms with van der Waals surface area (Å²) in [6.45, 7) is 10.3. The number of hydrogen-bond donors (Lipinski definition) is 0. The number of ether oxygens (including phenoxy) is 2. The Kier molecular flexibility index (Phi) is 7.10. The van der Waals surface area contributed by atoms with Gasteiger partial charge in [0, 0.05) is 54.8 Å². The standard InChI is InChI=1S/C24H31FN2O3/c1-5-7-19(18(6-2)12-28)13-30-14-20-11-27(17-24(20)15-26(3)16-24)21-8-9-22(25)23(10-21)29-4/h5-10,12,20H,1,11,13-17H2,2-4H3/b18-6-,19-7-/t20-/m0/s1. The van der Waals surface area contributed by atoms with Crippen LogP contribution in [0.4, 0.5) is 10.1 Å². The zero-order chi connectivity index (χ0) is 21.7. The normalized spacial score (nSPS) is 21.6. The van der Waals surface area contributed by atoms with Crippen LogP contribution in [0, 0.1) is 17.2 Å². The van der Waals surface area contributed by atoms with E-state index in [0.29, 0.717) is 24.7 Å². The van der Waals surface area contributed by atoms with Crippen LogP contribution in [-0.4, -0.2) is 64.7 Å². The van der Waals surface area contributed by atoms with Crippen molar-refractivity contribution in [2.75, 3.05) is 58.5 Å². The van der Waals surface area contributed by atoms with Gasteiger partial charge in [-0.3, -0.25) is 4.79 Å². The summed E-state index contributed by atoms with van der Waals surface area (Å²) in [4.78, 5) is 15.9. The highest BCUT2D eigenvalue weighted by molar-refractivity contribution is 5.80. The van der Waals surface area contributed by atoms with Gasteiger partial charge >= 0.3 is 0 Å². The van der Waals surface area contributed by atoms with Crippen molar-refractivity contribution in [2.24, 2.45) is 11.3 Å². The Morgan fingerprint density at radius 3 is 2.73 bits per heavy atom. The Bertz CT molecular complexity index is 843. The minimum absolute atomic E-state index is 0.159. The summed E-state index contributed by atoms with van der Waals surface area (Å²) < 4.78 is 25.1. The SMILES string of the molecule is C=C/C=C(COC[C@@H]1CN(c2ccc(F)c(OC)c2)CC12CN(C)C2)\C(C=O)=C/C. The maximum Gasteiger partial charge on any atom is 0.165 e. The average molecular weight is 415 g/mol. The summed E-state index contributed by atoms with van der Waals surface area (Å²) >= 11 is 0. The van der Waals surface area contributed by atoms with Gasteiger partial charge in [0.1, 0.15) is 6.29 Å². The van der Waals surface area contributed by atoms with Crippen LogP contribution >= 0.6 is 0 Å². The first-order valence-corrected chi connectivity index (χ1v) is 10.2. The predicted molar refractivity (Wildman–Crippen MR) is 118 cm³/mol. The molecule has 0 aromatic heterocycles. The molecule has 0 amide bonds. The van der Waals surface area contributed by atoms with Gasteiger partial charge in [0.05, 0.1) is 20.3 Å². The summed E-state index contributed by atoms with van der Waals surface area (Å²) in [6.07, 6.45) is 6.13. The number of allylic oxidation sites excluding steroid dienone is 3. The molecule has 2 aliphatic heterocycles. The van der Waals surface area contributed by atoms with E-state index in [0.717, 1.165) is 43.7 Å². The van der Waals surface area contributed by atoms with E-state index in [1.807, 2.05) is 19.1 Å². The molecule has 3 rings (SSSR count). The van der Waals surface area contributed by atoms with Gasteiger partial charge < -0.3 is 19.3 Å². The van der Waals surface area contributed by atoms with E-state index < -0.39 is 0 Å². The van der Waals surface area contributed by atoms with Crippen molar-refractivity contribution in [1.82, 2.24) is 4.90 Å². The van der Waals surface area contributed by atoms with E-state index in [2.05, 4.69) is 23.4 Å². The fourth-order valence-corrected chi connectivity index (χ4v) is 4.70. The lowest BCUT2D eigenvalue weighted by Crippen LogP contribution is -2.59. The van der Waals surface area contributed by atoms with Crippen LogP contribution in [0.2, 0.25) is 0 Å². The maximum atomic E-state index is 13.8. The average Bonchev–Trinajstić information content (AvgIpc) is 3.08. The number of carbonyl (C=O) groups is 1. The number of aldehydes is 1. The Balaban J connectivity index is 1.70. The second-order valence-corrected chi connectivity index (χ2v) is 8.24. The number of halogens is 1. The Labute approximate surface area is 178 Å². The maximum absolute atomic E-state index is 13.8. The molecular formula is C24H31FN2O3. The van der Waals surface area contributed by atoms with E-state index in [-0.39, 0.29) is 17.0 Å². The summed E-state index contributed by atoms with van der Waals surface area (Å²) in [7, 11) is 3.61. The largest absolute Gasteiger partial charge is 0.494 e. The third-order valence-corrected chi connectivity index (χ3v) is 6.19. The lowest BCUT2D eigenvalue weighted by Gasteiger charge is -2.49. The second-order valence-electron chi connectivity index (χ2n) is 8.24. The number of nitrogens with zero attached hydrogens (tertiary/aromatic N) is 2. The number of likely N-dealkylation sites (tertiary alicyclic amines) is 1. The molecule has 30 heavy (non-hydrogen) atoms. The van der Waals surface area contributed by atoms with Crippen molar-refractivity contribution >= 4 is 12.0 Å². The van der Waals surface area contributed by atoms with Crippen molar-refractivity contribution < 1.29 is 18.7 Å². The molecule has 1 aromatic carbocycles. The summed E-state index contributed by atoms with van der Waals surface area (Å²) in [6, 6.07) is 5.04. The first-order valence-electron chi connectivity index (χ1n) is 10.2. The fourth-order valence-electron chi connectivity index (χ4n) is 4.70. The summed E-state index contributed by atoms with van der Waals surface area (Å²) in [5.41, 5.74) is 2.58. The van der Waals surface area contributed by atoms with Crippen molar-refractivity contribution in [3.05, 3.63) is 60.0 Å². The zero-order valence-corrected chi connectivity index (χ0v) is 18.1. The molecule has 0 aliphatic carbocycles. The van der Waals surface area contributed by atoms with E-state index in [1.54, 1.807) is 18.2 Å². The van der Waals surface area contributed by atoms with Gasteiger partial charge in [0.15, 0.2) is 11.6 Å². The minimum Gasteiger partial charge on any atom is -0.494 e. The van der Waals surface area contributed by atoms with E-state index in [9.17, 15) is 9.18 Å². The first kappa shape index (κ1) is 22.2. The molecule has 1 aromatic rings. The third-order valence-electron chi connectivity index (χ3n) is 6.19. The molecule has 6 heteroatoms. The summed E-state index contributed by atoms with van der Waals surface area (Å²) in [5.74, 6) is 0.258. The molecule has 2 fully saturated rings. The number of benzene rings is 1. The highest BCUT2D eigenvalue weighted by Crippen LogP contribution is 2.45. The van der Waals surface area contributed by atoms with Gasteiger partial charge in [-0.15, -0.1) is 0 Å². The van der Waals surface area contributed by atoms with Gasteiger partial charge in [-0.25, -0.2) is 4.39 Å². The van der Waals surface area contributed by atoms with Gasteiger partial charge in [0.2, 0.25) is 0 Å². The summed E-state index contributed by atoms with van der Waals surface area (Å²) in [5, 5.41) is 0. The quantitative estimate of drug-likeness (QED) is 0.352. The van der Waals surface area contributed by atoms with Gasteiger partial charge in [-0.1, -0.05) is 24.8 Å². The van der Waals surface area contributed by atoms with Crippen molar-refractivity contribution in [3.63, 3.8) is 0 Å². The topological polar surface area (TPSA) is 42.0 Å². The number of anilines is 1. The number of hydrogen-bond acceptors (Lipinski definition) is 5. The molecule has 1 spiro atoms. The monoisotopic (exact) mass is 414 g/mol. The number of methoxy groups -OCH3 is 1. The molecule has 162 valence electrons. The highest BCUT2D eigenvalue weighted by Gasteiger charge is 2.53. The van der Waals surface area contributed by atoms with Crippen LogP contribution in [0.1, 0.15) is 6.92 Å². The molecule has 0 radical (unpaired) electrons. The smallest absolute Gasteiger partial charge is 0.165 e. The van der Waals surface area contributed by atoms with Crippen LogP contribution in [0.25, 0.3) is 0 Å². The Morgan fingerprint density at radius 2 is 2.13 bits per heavy atom. The number of carbonyl (C=O) groups excluding carboxylic acids is 1. The molecular weight excluding hydrogens is 383 g/mol. The molecule has 0 bridgehead atoms. The minimum atomic E-state index is -0.352. The molecule has 2 heterocycles. The Hall–Kier alpha value is -2.44. The lowest BCUT2D eigenvalue weighted by atomic mass is 9.72. The fraction of sp³-hybridized carbons (Fsp3) is 0.458. The van der Waals surface area contributed by atoms with Crippen LogP contribution in [0.3, 0.4) is 0 Å². The van der Waals surface area contributed by atoms with E-state index in [4.69, 9.17) is 9.47 Å². The Morgan fingerprint density at radius 1 is 1.37 bits per heavy atom. The van der Waals surface area contributed by atoms with E-state index >= 15 is 0 Å². The molecule has 5 nitrogen and oxygen atoms in total. The van der Waals surface area contributed by atoms with Gasteiger partial charge in [0.25, 0.3) is 0 Å². The lowest BCUT2D eigenvalue weighted by molar-refractivity contribution is -0.104. The molecule has 0 saturated carbocycles. The first-order chi connectivity index (χ1) is 14.5. The molecule has 2 saturated heterocycles. The molecule has 1 atom stereocenters. The van der Waals surface area contributed by atoms with E-state index in [1.165, 1.54) is 13.2 Å². The van der Waals surface area contributed by atoms with Gasteiger partial charge in [-0.05, 0) is 31.7 Å². The van der Waals surface area contributed by atoms with Crippen LogP contribution in [0.15, 0.2) is 54.2 Å². The van der Waals surface area contributed by atoms with Crippen molar-refractivity contribution in [3.8, 4) is 5.75 Å². The molecule has 0 N–H and O–H groups in total.